The van der Waals surface area contributed by atoms with E-state index in [1.165, 1.54) is 0 Å². The number of hydrogen-bond acceptors (Lipinski definition) is 3. The van der Waals surface area contributed by atoms with Gasteiger partial charge in [-0.2, -0.15) is 5.10 Å². The van der Waals surface area contributed by atoms with Gasteiger partial charge in [0, 0.05) is 19.8 Å². The van der Waals surface area contributed by atoms with Crippen molar-refractivity contribution in [2.75, 3.05) is 13.2 Å². The summed E-state index contributed by atoms with van der Waals surface area (Å²) in [5, 5.41) is 4.18. The first kappa shape index (κ1) is 11.8. The molecule has 4 nitrogen and oxygen atoms in total. The van der Waals surface area contributed by atoms with Gasteiger partial charge >= 0.3 is 0 Å². The van der Waals surface area contributed by atoms with Gasteiger partial charge in [0.15, 0.2) is 0 Å². The fourth-order valence-corrected chi connectivity index (χ4v) is 1.81. The largest absolute Gasteiger partial charge is 0.366 e. The second kappa shape index (κ2) is 5.61. The van der Waals surface area contributed by atoms with Gasteiger partial charge in [0.1, 0.15) is 6.10 Å². The fraction of sp³-hybridized carbons (Fsp3) is 0.308. The van der Waals surface area contributed by atoms with E-state index in [2.05, 4.69) is 5.10 Å². The minimum absolute atomic E-state index is 0.104. The maximum atomic E-state index is 5.82. The molecule has 1 atom stereocenters. The summed E-state index contributed by atoms with van der Waals surface area (Å²) >= 11 is 0. The lowest BCUT2D eigenvalue weighted by atomic mass is 10.1. The molecule has 0 bridgehead atoms. The first-order chi connectivity index (χ1) is 8.33. The summed E-state index contributed by atoms with van der Waals surface area (Å²) in [6, 6.07) is 12.1. The van der Waals surface area contributed by atoms with E-state index >= 15 is 0 Å². The van der Waals surface area contributed by atoms with Crippen LogP contribution in [0.2, 0.25) is 0 Å². The van der Waals surface area contributed by atoms with Crippen LogP contribution in [0.15, 0.2) is 42.6 Å². The Balaban J connectivity index is 2.29. The average Bonchev–Trinajstić information content (AvgIpc) is 2.78. The molecule has 0 aliphatic carbocycles. The van der Waals surface area contributed by atoms with Crippen molar-refractivity contribution in [2.24, 2.45) is 12.8 Å². The molecule has 0 fully saturated rings. The van der Waals surface area contributed by atoms with Crippen molar-refractivity contribution in [3.63, 3.8) is 0 Å². The van der Waals surface area contributed by atoms with Crippen molar-refractivity contribution >= 4 is 0 Å². The molecule has 2 rings (SSSR count). The molecule has 0 radical (unpaired) electrons. The molecule has 0 saturated heterocycles. The topological polar surface area (TPSA) is 53.1 Å². The number of aromatic nitrogens is 2. The van der Waals surface area contributed by atoms with E-state index in [1.807, 2.05) is 48.1 Å². The second-order valence-corrected chi connectivity index (χ2v) is 3.83. The molecule has 0 spiro atoms. The molecule has 0 aliphatic heterocycles. The van der Waals surface area contributed by atoms with E-state index in [0.29, 0.717) is 13.2 Å². The predicted octanol–water partition coefficient (Wildman–Crippen LogP) is 1.48. The van der Waals surface area contributed by atoms with Crippen LogP contribution in [0.3, 0.4) is 0 Å². The number of ether oxygens (including phenoxy) is 1. The molecule has 1 aromatic heterocycles. The summed E-state index contributed by atoms with van der Waals surface area (Å²) in [7, 11) is 1.91. The molecule has 0 amide bonds. The van der Waals surface area contributed by atoms with Crippen LogP contribution in [0.4, 0.5) is 0 Å². The van der Waals surface area contributed by atoms with Crippen LogP contribution in [-0.4, -0.2) is 22.9 Å². The van der Waals surface area contributed by atoms with E-state index in [1.54, 1.807) is 6.20 Å². The lowest BCUT2D eigenvalue weighted by molar-refractivity contribution is 0.0808. The third-order valence-electron chi connectivity index (χ3n) is 2.63. The van der Waals surface area contributed by atoms with Crippen molar-refractivity contribution < 1.29 is 4.74 Å². The highest BCUT2D eigenvalue weighted by Crippen LogP contribution is 2.24. The maximum absolute atomic E-state index is 5.82. The van der Waals surface area contributed by atoms with E-state index in [0.717, 1.165) is 11.3 Å². The zero-order valence-corrected chi connectivity index (χ0v) is 9.91. The monoisotopic (exact) mass is 231 g/mol. The van der Waals surface area contributed by atoms with Crippen molar-refractivity contribution in [1.29, 1.82) is 0 Å². The van der Waals surface area contributed by atoms with Gasteiger partial charge in [-0.1, -0.05) is 30.3 Å². The fourth-order valence-electron chi connectivity index (χ4n) is 1.81. The van der Waals surface area contributed by atoms with Gasteiger partial charge < -0.3 is 10.5 Å². The third-order valence-corrected chi connectivity index (χ3v) is 2.63. The van der Waals surface area contributed by atoms with Crippen LogP contribution in [0.5, 0.6) is 0 Å². The highest BCUT2D eigenvalue weighted by atomic mass is 16.5. The van der Waals surface area contributed by atoms with Crippen molar-refractivity contribution in [2.45, 2.75) is 6.10 Å². The van der Waals surface area contributed by atoms with E-state index in [4.69, 9.17) is 10.5 Å². The summed E-state index contributed by atoms with van der Waals surface area (Å²) in [6.45, 7) is 1.05. The number of rotatable bonds is 5. The predicted molar refractivity (Wildman–Crippen MR) is 66.5 cm³/mol. The first-order valence-electron chi connectivity index (χ1n) is 5.67. The molecule has 2 N–H and O–H groups in total. The normalized spacial score (nSPS) is 12.6. The highest BCUT2D eigenvalue weighted by molar-refractivity contribution is 5.25. The van der Waals surface area contributed by atoms with E-state index in [9.17, 15) is 0 Å². The minimum Gasteiger partial charge on any atom is -0.366 e. The summed E-state index contributed by atoms with van der Waals surface area (Å²) in [5.74, 6) is 0. The average molecular weight is 231 g/mol. The summed E-state index contributed by atoms with van der Waals surface area (Å²) in [6.07, 6.45) is 1.67. The van der Waals surface area contributed by atoms with Gasteiger partial charge in [0.25, 0.3) is 0 Å². The maximum Gasteiger partial charge on any atom is 0.124 e. The third kappa shape index (κ3) is 2.72. The van der Waals surface area contributed by atoms with Crippen molar-refractivity contribution in [3.05, 3.63) is 53.9 Å². The summed E-state index contributed by atoms with van der Waals surface area (Å²) < 4.78 is 7.64. The van der Waals surface area contributed by atoms with E-state index < -0.39 is 0 Å². The van der Waals surface area contributed by atoms with Crippen molar-refractivity contribution in [1.82, 2.24) is 9.78 Å². The molecule has 2 aromatic rings. The molecule has 4 heteroatoms. The quantitative estimate of drug-likeness (QED) is 0.848. The molecule has 90 valence electrons. The second-order valence-electron chi connectivity index (χ2n) is 3.83. The smallest absolute Gasteiger partial charge is 0.124 e. The Hall–Kier alpha value is -1.65. The van der Waals surface area contributed by atoms with Crippen LogP contribution in [-0.2, 0) is 11.8 Å². The SMILES string of the molecule is Cn1nccc1[C@H](OCCN)c1ccccc1. The molecule has 0 unspecified atom stereocenters. The number of nitrogens with two attached hydrogens (primary N) is 1. The first-order valence-corrected chi connectivity index (χ1v) is 5.67. The van der Waals surface area contributed by atoms with Gasteiger partial charge in [-0.25, -0.2) is 0 Å². The molecular formula is C13H17N3O. The number of hydrogen-bond donors (Lipinski definition) is 1. The van der Waals surface area contributed by atoms with Gasteiger partial charge in [-0.3, -0.25) is 4.68 Å². The van der Waals surface area contributed by atoms with Crippen LogP contribution < -0.4 is 5.73 Å². The number of nitrogens with zero attached hydrogens (tertiary/aromatic N) is 2. The van der Waals surface area contributed by atoms with Crippen LogP contribution in [0.1, 0.15) is 17.4 Å². The van der Waals surface area contributed by atoms with E-state index in [-0.39, 0.29) is 6.10 Å². The molecule has 17 heavy (non-hydrogen) atoms. The summed E-state index contributed by atoms with van der Waals surface area (Å²) in [4.78, 5) is 0. The standard InChI is InChI=1S/C13H17N3O/c1-16-12(7-9-15-16)13(17-10-8-14)11-5-3-2-4-6-11/h2-7,9,13H,8,10,14H2,1H3/t13-/m1/s1. The lowest BCUT2D eigenvalue weighted by Crippen LogP contribution is -2.16. The number of aryl methyl sites for hydroxylation is 1. The Bertz CT molecular complexity index is 453. The Morgan fingerprint density at radius 3 is 2.65 bits per heavy atom. The Morgan fingerprint density at radius 2 is 2.06 bits per heavy atom. The minimum atomic E-state index is -0.104. The molecule has 1 heterocycles. The van der Waals surface area contributed by atoms with Crippen LogP contribution in [0, 0.1) is 0 Å². The Morgan fingerprint density at radius 1 is 1.29 bits per heavy atom. The van der Waals surface area contributed by atoms with Gasteiger partial charge in [0.2, 0.25) is 0 Å². The lowest BCUT2D eigenvalue weighted by Gasteiger charge is -2.18. The Kier molecular flexibility index (Phi) is 3.90. The molecule has 0 aliphatic rings. The van der Waals surface area contributed by atoms with Gasteiger partial charge in [0.05, 0.1) is 12.3 Å². The summed E-state index contributed by atoms with van der Waals surface area (Å²) in [5.41, 5.74) is 7.65. The molecule has 0 saturated carbocycles. The Labute approximate surface area is 101 Å². The zero-order chi connectivity index (χ0) is 12.1. The number of benzene rings is 1. The highest BCUT2D eigenvalue weighted by Gasteiger charge is 2.17. The molecular weight excluding hydrogens is 214 g/mol. The van der Waals surface area contributed by atoms with Crippen LogP contribution in [0.25, 0.3) is 0 Å². The van der Waals surface area contributed by atoms with Crippen LogP contribution >= 0.6 is 0 Å². The molecule has 1 aromatic carbocycles. The van der Waals surface area contributed by atoms with Crippen molar-refractivity contribution in [3.8, 4) is 0 Å². The van der Waals surface area contributed by atoms with Gasteiger partial charge in [-0.15, -0.1) is 0 Å². The zero-order valence-electron chi connectivity index (χ0n) is 9.91. The van der Waals surface area contributed by atoms with Gasteiger partial charge in [-0.05, 0) is 11.6 Å².